The Bertz CT molecular complexity index is 486. The molecule has 0 fully saturated rings. The van der Waals surface area contributed by atoms with Crippen LogP contribution in [-0.4, -0.2) is 10.8 Å². The van der Waals surface area contributed by atoms with Crippen LogP contribution in [0.2, 0.25) is 0 Å². The molecule has 2 rings (SSSR count). The van der Waals surface area contributed by atoms with Crippen LogP contribution in [-0.2, 0) is 0 Å². The topological polar surface area (TPSA) is 58.9 Å². The number of H-pyrrole nitrogens is 1. The van der Waals surface area contributed by atoms with Gasteiger partial charge in [0.05, 0.1) is 5.69 Å². The van der Waals surface area contributed by atoms with Gasteiger partial charge in [-0.05, 0) is 30.7 Å². The molecule has 76 valence electrons. The minimum atomic E-state index is -0.0355. The highest BCUT2D eigenvalue weighted by Gasteiger charge is 2.09. The van der Waals surface area contributed by atoms with E-state index in [9.17, 15) is 4.79 Å². The summed E-state index contributed by atoms with van der Waals surface area (Å²) in [4.78, 5) is 14.8. The number of aromatic amines is 1. The van der Waals surface area contributed by atoms with E-state index >= 15 is 0 Å². The van der Waals surface area contributed by atoms with E-state index in [1.807, 2.05) is 13.0 Å². The molecular formula is C12H12N2O. The Morgan fingerprint density at radius 1 is 1.33 bits per heavy atom. The van der Waals surface area contributed by atoms with E-state index in [2.05, 4.69) is 4.98 Å². The lowest BCUT2D eigenvalue weighted by atomic mass is 10.1. The molecular weight excluding hydrogens is 188 g/mol. The molecule has 3 N–H and O–H groups in total. The molecule has 0 aliphatic heterocycles. The van der Waals surface area contributed by atoms with Crippen LogP contribution in [0.1, 0.15) is 21.6 Å². The lowest BCUT2D eigenvalue weighted by Gasteiger charge is -2.03. The molecule has 1 aromatic heterocycles. The molecule has 0 bridgehead atoms. The van der Waals surface area contributed by atoms with Crippen molar-refractivity contribution in [3.05, 3.63) is 53.3 Å². The first-order chi connectivity index (χ1) is 7.18. The van der Waals surface area contributed by atoms with Gasteiger partial charge in [-0.25, -0.2) is 0 Å². The quantitative estimate of drug-likeness (QED) is 0.576. The Labute approximate surface area is 87.9 Å². The number of carbonyl (C=O) groups is 1. The van der Waals surface area contributed by atoms with Crippen LogP contribution in [0, 0.1) is 6.92 Å². The Balaban J connectivity index is 2.39. The average molecular weight is 200 g/mol. The van der Waals surface area contributed by atoms with Gasteiger partial charge in [0.15, 0.2) is 0 Å². The number of benzene rings is 1. The van der Waals surface area contributed by atoms with Crippen LogP contribution in [0.4, 0.5) is 5.69 Å². The summed E-state index contributed by atoms with van der Waals surface area (Å²) in [6.45, 7) is 1.91. The summed E-state index contributed by atoms with van der Waals surface area (Å²) in [6, 6.07) is 8.89. The van der Waals surface area contributed by atoms with E-state index in [-0.39, 0.29) is 5.78 Å². The lowest BCUT2D eigenvalue weighted by molar-refractivity contribution is 0.103. The number of nitrogens with two attached hydrogens (primary N) is 1. The maximum absolute atomic E-state index is 11.9. The Morgan fingerprint density at radius 3 is 2.73 bits per heavy atom. The van der Waals surface area contributed by atoms with Crippen molar-refractivity contribution in [2.75, 3.05) is 5.73 Å². The largest absolute Gasteiger partial charge is 0.398 e. The summed E-state index contributed by atoms with van der Waals surface area (Å²) in [5.41, 5.74) is 8.57. The van der Waals surface area contributed by atoms with Gasteiger partial charge in [-0.1, -0.05) is 12.1 Å². The van der Waals surface area contributed by atoms with Gasteiger partial charge >= 0.3 is 0 Å². The second-order valence-electron chi connectivity index (χ2n) is 3.48. The standard InChI is InChI=1S/C12H12N2O/c1-8-4-5-9(7-10(8)13)12(15)11-3-2-6-14-11/h2-7,14H,13H2,1H3. The van der Waals surface area contributed by atoms with Gasteiger partial charge < -0.3 is 10.7 Å². The zero-order valence-electron chi connectivity index (χ0n) is 8.45. The van der Waals surface area contributed by atoms with E-state index in [1.165, 1.54) is 0 Å². The average Bonchev–Trinajstić information content (AvgIpc) is 2.74. The molecule has 0 radical (unpaired) electrons. The minimum absolute atomic E-state index is 0.0355. The number of anilines is 1. The molecule has 0 saturated carbocycles. The fourth-order valence-corrected chi connectivity index (χ4v) is 1.41. The second kappa shape index (κ2) is 3.61. The Morgan fingerprint density at radius 2 is 2.13 bits per heavy atom. The fourth-order valence-electron chi connectivity index (χ4n) is 1.41. The smallest absolute Gasteiger partial charge is 0.209 e. The molecule has 0 unspecified atom stereocenters. The molecule has 1 aromatic carbocycles. The number of aryl methyl sites for hydroxylation is 1. The van der Waals surface area contributed by atoms with Gasteiger partial charge in [-0.3, -0.25) is 4.79 Å². The molecule has 0 amide bonds. The highest BCUT2D eigenvalue weighted by molar-refractivity contribution is 6.08. The predicted molar refractivity (Wildman–Crippen MR) is 59.8 cm³/mol. The van der Waals surface area contributed by atoms with E-state index in [4.69, 9.17) is 5.73 Å². The molecule has 0 aliphatic rings. The molecule has 2 aromatic rings. The number of nitrogens with one attached hydrogen (secondary N) is 1. The van der Waals surface area contributed by atoms with Gasteiger partial charge in [-0.15, -0.1) is 0 Å². The monoisotopic (exact) mass is 200 g/mol. The number of aromatic nitrogens is 1. The van der Waals surface area contributed by atoms with Crippen LogP contribution in [0.5, 0.6) is 0 Å². The number of rotatable bonds is 2. The van der Waals surface area contributed by atoms with Crippen molar-refractivity contribution in [3.63, 3.8) is 0 Å². The highest BCUT2D eigenvalue weighted by atomic mass is 16.1. The summed E-state index contributed by atoms with van der Waals surface area (Å²) in [6.07, 6.45) is 1.73. The Kier molecular flexibility index (Phi) is 2.29. The third-order valence-corrected chi connectivity index (χ3v) is 2.38. The van der Waals surface area contributed by atoms with Crippen LogP contribution in [0.15, 0.2) is 36.5 Å². The molecule has 1 heterocycles. The third-order valence-electron chi connectivity index (χ3n) is 2.38. The van der Waals surface area contributed by atoms with Crippen molar-refractivity contribution in [2.45, 2.75) is 6.92 Å². The molecule has 0 atom stereocenters. The highest BCUT2D eigenvalue weighted by Crippen LogP contribution is 2.15. The van der Waals surface area contributed by atoms with Crippen molar-refractivity contribution in [1.82, 2.24) is 4.98 Å². The van der Waals surface area contributed by atoms with Crippen LogP contribution in [0.25, 0.3) is 0 Å². The number of hydrogen-bond acceptors (Lipinski definition) is 2. The van der Waals surface area contributed by atoms with Gasteiger partial charge in [0.25, 0.3) is 0 Å². The SMILES string of the molecule is Cc1ccc(C(=O)c2ccc[nH]2)cc1N. The molecule has 0 spiro atoms. The normalized spacial score (nSPS) is 10.2. The first kappa shape index (κ1) is 9.52. The first-order valence-electron chi connectivity index (χ1n) is 4.72. The zero-order valence-corrected chi connectivity index (χ0v) is 8.45. The first-order valence-corrected chi connectivity index (χ1v) is 4.72. The maximum atomic E-state index is 11.9. The summed E-state index contributed by atoms with van der Waals surface area (Å²) >= 11 is 0. The van der Waals surface area contributed by atoms with Gasteiger partial charge in [-0.2, -0.15) is 0 Å². The Hall–Kier alpha value is -2.03. The lowest BCUT2D eigenvalue weighted by Crippen LogP contribution is -2.03. The van der Waals surface area contributed by atoms with Crippen LogP contribution < -0.4 is 5.73 Å². The van der Waals surface area contributed by atoms with Crippen molar-refractivity contribution in [2.24, 2.45) is 0 Å². The number of hydrogen-bond donors (Lipinski definition) is 2. The second-order valence-corrected chi connectivity index (χ2v) is 3.48. The molecule has 0 saturated heterocycles. The van der Waals surface area contributed by atoms with E-state index in [0.717, 1.165) is 5.56 Å². The van der Waals surface area contributed by atoms with Crippen molar-refractivity contribution in [3.8, 4) is 0 Å². The molecule has 3 nitrogen and oxygen atoms in total. The van der Waals surface area contributed by atoms with Gasteiger partial charge in [0.2, 0.25) is 5.78 Å². The number of nitrogen functional groups attached to an aromatic ring is 1. The van der Waals surface area contributed by atoms with Crippen LogP contribution >= 0.6 is 0 Å². The zero-order chi connectivity index (χ0) is 10.8. The summed E-state index contributed by atoms with van der Waals surface area (Å²) in [5, 5.41) is 0. The predicted octanol–water partition coefficient (Wildman–Crippen LogP) is 2.14. The summed E-state index contributed by atoms with van der Waals surface area (Å²) in [5.74, 6) is -0.0355. The third kappa shape index (κ3) is 1.76. The summed E-state index contributed by atoms with van der Waals surface area (Å²) in [7, 11) is 0. The van der Waals surface area contributed by atoms with Crippen LogP contribution in [0.3, 0.4) is 0 Å². The van der Waals surface area contributed by atoms with Gasteiger partial charge in [0, 0.05) is 17.4 Å². The maximum Gasteiger partial charge on any atom is 0.209 e. The fraction of sp³-hybridized carbons (Fsp3) is 0.0833. The number of ketones is 1. The minimum Gasteiger partial charge on any atom is -0.398 e. The van der Waals surface area contributed by atoms with E-state index in [1.54, 1.807) is 30.5 Å². The summed E-state index contributed by atoms with van der Waals surface area (Å²) < 4.78 is 0. The van der Waals surface area contributed by atoms with Gasteiger partial charge in [0.1, 0.15) is 0 Å². The van der Waals surface area contributed by atoms with E-state index < -0.39 is 0 Å². The number of carbonyl (C=O) groups excluding carboxylic acids is 1. The van der Waals surface area contributed by atoms with Crippen molar-refractivity contribution >= 4 is 11.5 Å². The molecule has 0 aliphatic carbocycles. The van der Waals surface area contributed by atoms with E-state index in [0.29, 0.717) is 16.9 Å². The molecule has 15 heavy (non-hydrogen) atoms. The van der Waals surface area contributed by atoms with Crippen molar-refractivity contribution in [1.29, 1.82) is 0 Å². The van der Waals surface area contributed by atoms with Crippen molar-refractivity contribution < 1.29 is 4.79 Å². The molecule has 3 heteroatoms.